The molecular formula is C10H20ClNO. The quantitative estimate of drug-likeness (QED) is 0.586. The fourth-order valence-electron chi connectivity index (χ4n) is 1.18. The van der Waals surface area contributed by atoms with Gasteiger partial charge in [-0.25, -0.2) is 0 Å². The van der Waals surface area contributed by atoms with Crippen molar-refractivity contribution in [2.45, 2.75) is 39.5 Å². The Labute approximate surface area is 86.2 Å². The molecule has 13 heavy (non-hydrogen) atoms. The van der Waals surface area contributed by atoms with E-state index < -0.39 is 0 Å². The molecule has 0 spiro atoms. The Bertz CT molecular complexity index is 139. The average Bonchev–Trinajstić information content (AvgIpc) is 2.16. The second-order valence-electron chi connectivity index (χ2n) is 3.12. The lowest BCUT2D eigenvalue weighted by atomic mass is 10.2. The Morgan fingerprint density at radius 3 is 2.46 bits per heavy atom. The number of hydrogen-bond acceptors (Lipinski definition) is 1. The van der Waals surface area contributed by atoms with Gasteiger partial charge in [-0.3, -0.25) is 4.79 Å². The SMILES string of the molecule is CCCCN(CC)C(=O)CCCCl. The highest BCUT2D eigenvalue weighted by Crippen LogP contribution is 2.01. The molecule has 0 aliphatic rings. The predicted octanol–water partition coefficient (Wildman–Crippen LogP) is 2.65. The van der Waals surface area contributed by atoms with Crippen molar-refractivity contribution in [1.82, 2.24) is 4.90 Å². The van der Waals surface area contributed by atoms with Crippen molar-refractivity contribution in [3.63, 3.8) is 0 Å². The van der Waals surface area contributed by atoms with E-state index in [2.05, 4.69) is 6.92 Å². The summed E-state index contributed by atoms with van der Waals surface area (Å²) >= 11 is 5.53. The molecule has 2 nitrogen and oxygen atoms in total. The first-order valence-electron chi connectivity index (χ1n) is 5.10. The molecule has 78 valence electrons. The number of carbonyl (C=O) groups is 1. The fourth-order valence-corrected chi connectivity index (χ4v) is 1.32. The summed E-state index contributed by atoms with van der Waals surface area (Å²) < 4.78 is 0. The van der Waals surface area contributed by atoms with E-state index in [1.54, 1.807) is 0 Å². The van der Waals surface area contributed by atoms with Crippen molar-refractivity contribution >= 4 is 17.5 Å². The van der Waals surface area contributed by atoms with Crippen LogP contribution in [0.15, 0.2) is 0 Å². The number of carbonyl (C=O) groups excluding carboxylic acids is 1. The van der Waals surface area contributed by atoms with Crippen LogP contribution in [-0.2, 0) is 4.79 Å². The summed E-state index contributed by atoms with van der Waals surface area (Å²) in [4.78, 5) is 13.4. The maximum atomic E-state index is 11.5. The molecule has 0 radical (unpaired) electrons. The number of nitrogens with zero attached hydrogens (tertiary/aromatic N) is 1. The molecule has 0 aliphatic heterocycles. The van der Waals surface area contributed by atoms with E-state index in [9.17, 15) is 4.79 Å². The minimum Gasteiger partial charge on any atom is -0.343 e. The summed E-state index contributed by atoms with van der Waals surface area (Å²) in [7, 11) is 0. The van der Waals surface area contributed by atoms with Gasteiger partial charge in [0.2, 0.25) is 5.91 Å². The Morgan fingerprint density at radius 2 is 2.00 bits per heavy atom. The van der Waals surface area contributed by atoms with Gasteiger partial charge in [0.15, 0.2) is 0 Å². The molecule has 0 rings (SSSR count). The van der Waals surface area contributed by atoms with E-state index in [1.165, 1.54) is 0 Å². The van der Waals surface area contributed by atoms with Crippen molar-refractivity contribution in [3.8, 4) is 0 Å². The van der Waals surface area contributed by atoms with Crippen molar-refractivity contribution in [2.24, 2.45) is 0 Å². The predicted molar refractivity (Wildman–Crippen MR) is 57.1 cm³/mol. The van der Waals surface area contributed by atoms with E-state index in [-0.39, 0.29) is 5.91 Å². The number of rotatable bonds is 7. The van der Waals surface area contributed by atoms with Crippen LogP contribution in [0.5, 0.6) is 0 Å². The van der Waals surface area contributed by atoms with Crippen LogP contribution >= 0.6 is 11.6 Å². The zero-order valence-corrected chi connectivity index (χ0v) is 9.44. The lowest BCUT2D eigenvalue weighted by Gasteiger charge is -2.20. The molecule has 0 aromatic rings. The van der Waals surface area contributed by atoms with Gasteiger partial charge in [-0.15, -0.1) is 11.6 Å². The standard InChI is InChI=1S/C10H20ClNO/c1-3-5-9-12(4-2)10(13)7-6-8-11/h3-9H2,1-2H3. The molecule has 0 aliphatic carbocycles. The first-order chi connectivity index (χ1) is 6.26. The lowest BCUT2D eigenvalue weighted by Crippen LogP contribution is -2.31. The first kappa shape index (κ1) is 12.8. The summed E-state index contributed by atoms with van der Waals surface area (Å²) in [6.07, 6.45) is 3.63. The van der Waals surface area contributed by atoms with Gasteiger partial charge in [0.05, 0.1) is 0 Å². The van der Waals surface area contributed by atoms with Crippen molar-refractivity contribution in [3.05, 3.63) is 0 Å². The van der Waals surface area contributed by atoms with Gasteiger partial charge in [0.25, 0.3) is 0 Å². The molecule has 0 heterocycles. The van der Waals surface area contributed by atoms with Gasteiger partial charge in [0, 0.05) is 25.4 Å². The van der Waals surface area contributed by atoms with E-state index >= 15 is 0 Å². The molecule has 1 amide bonds. The monoisotopic (exact) mass is 205 g/mol. The largest absolute Gasteiger partial charge is 0.343 e. The van der Waals surface area contributed by atoms with E-state index in [0.29, 0.717) is 12.3 Å². The highest BCUT2D eigenvalue weighted by Gasteiger charge is 2.09. The third-order valence-electron chi connectivity index (χ3n) is 2.04. The third-order valence-corrected chi connectivity index (χ3v) is 2.31. The fraction of sp³-hybridized carbons (Fsp3) is 0.900. The summed E-state index contributed by atoms with van der Waals surface area (Å²) in [6, 6.07) is 0. The van der Waals surface area contributed by atoms with Crippen molar-refractivity contribution in [2.75, 3.05) is 19.0 Å². The molecular weight excluding hydrogens is 186 g/mol. The van der Waals surface area contributed by atoms with Crippen molar-refractivity contribution in [1.29, 1.82) is 0 Å². The Hall–Kier alpha value is -0.240. The van der Waals surface area contributed by atoms with Gasteiger partial charge < -0.3 is 4.90 Å². The van der Waals surface area contributed by atoms with Gasteiger partial charge in [-0.2, -0.15) is 0 Å². The number of unbranched alkanes of at least 4 members (excludes halogenated alkanes) is 1. The topological polar surface area (TPSA) is 20.3 Å². The van der Waals surface area contributed by atoms with Gasteiger partial charge in [0.1, 0.15) is 0 Å². The molecule has 0 aromatic heterocycles. The van der Waals surface area contributed by atoms with Crippen LogP contribution in [0.3, 0.4) is 0 Å². The molecule has 0 fully saturated rings. The van der Waals surface area contributed by atoms with E-state index in [4.69, 9.17) is 11.6 Å². The second kappa shape index (κ2) is 8.36. The number of halogens is 1. The highest BCUT2D eigenvalue weighted by atomic mass is 35.5. The van der Waals surface area contributed by atoms with Crippen LogP contribution in [0.25, 0.3) is 0 Å². The Kier molecular flexibility index (Phi) is 8.21. The molecule has 0 N–H and O–H groups in total. The average molecular weight is 206 g/mol. The van der Waals surface area contributed by atoms with Gasteiger partial charge >= 0.3 is 0 Å². The lowest BCUT2D eigenvalue weighted by molar-refractivity contribution is -0.131. The summed E-state index contributed by atoms with van der Waals surface area (Å²) in [5.74, 6) is 0.827. The normalized spacial score (nSPS) is 10.1. The molecule has 0 aromatic carbocycles. The zero-order valence-electron chi connectivity index (χ0n) is 8.68. The molecule has 0 atom stereocenters. The molecule has 0 unspecified atom stereocenters. The highest BCUT2D eigenvalue weighted by molar-refractivity contribution is 6.17. The number of hydrogen-bond donors (Lipinski definition) is 0. The Balaban J connectivity index is 3.71. The summed E-state index contributed by atoms with van der Waals surface area (Å²) in [5.41, 5.74) is 0. The van der Waals surface area contributed by atoms with Crippen LogP contribution in [0.4, 0.5) is 0 Å². The second-order valence-corrected chi connectivity index (χ2v) is 3.50. The van der Waals surface area contributed by atoms with Crippen LogP contribution in [0, 0.1) is 0 Å². The molecule has 0 bridgehead atoms. The smallest absolute Gasteiger partial charge is 0.222 e. The summed E-state index contributed by atoms with van der Waals surface area (Å²) in [5, 5.41) is 0. The molecule has 0 saturated heterocycles. The molecule has 3 heteroatoms. The van der Waals surface area contributed by atoms with Crippen LogP contribution < -0.4 is 0 Å². The van der Waals surface area contributed by atoms with Crippen LogP contribution in [-0.4, -0.2) is 29.8 Å². The Morgan fingerprint density at radius 1 is 1.31 bits per heavy atom. The number of amides is 1. The van der Waals surface area contributed by atoms with Crippen LogP contribution in [0.2, 0.25) is 0 Å². The number of alkyl halides is 1. The van der Waals surface area contributed by atoms with Crippen molar-refractivity contribution < 1.29 is 4.79 Å². The molecule has 0 saturated carbocycles. The zero-order chi connectivity index (χ0) is 10.1. The van der Waals surface area contributed by atoms with Gasteiger partial charge in [-0.1, -0.05) is 13.3 Å². The maximum Gasteiger partial charge on any atom is 0.222 e. The van der Waals surface area contributed by atoms with E-state index in [0.717, 1.165) is 32.4 Å². The third kappa shape index (κ3) is 5.92. The minimum absolute atomic E-state index is 0.247. The maximum absolute atomic E-state index is 11.5. The van der Waals surface area contributed by atoms with Gasteiger partial charge in [-0.05, 0) is 19.8 Å². The minimum atomic E-state index is 0.247. The summed E-state index contributed by atoms with van der Waals surface area (Å²) in [6.45, 7) is 5.88. The van der Waals surface area contributed by atoms with E-state index in [1.807, 2.05) is 11.8 Å². The first-order valence-corrected chi connectivity index (χ1v) is 5.63. The van der Waals surface area contributed by atoms with Crippen LogP contribution in [0.1, 0.15) is 39.5 Å².